The van der Waals surface area contributed by atoms with Gasteiger partial charge in [0.25, 0.3) is 0 Å². The summed E-state index contributed by atoms with van der Waals surface area (Å²) < 4.78 is 2.42. The lowest BCUT2D eigenvalue weighted by Gasteiger charge is -2.22. The summed E-state index contributed by atoms with van der Waals surface area (Å²) in [6, 6.07) is 4.93. The fourth-order valence-corrected chi connectivity index (χ4v) is 3.73. The number of hydrogen-bond acceptors (Lipinski definition) is 1. The second-order valence-electron chi connectivity index (χ2n) is 5.96. The van der Waals surface area contributed by atoms with Crippen LogP contribution in [0.3, 0.4) is 0 Å². The van der Waals surface area contributed by atoms with Gasteiger partial charge < -0.3 is 5.32 Å². The van der Waals surface area contributed by atoms with Crippen molar-refractivity contribution in [2.75, 3.05) is 6.54 Å². The average Bonchev–Trinajstić information content (AvgIpc) is 2.90. The standard InChI is InChI=1S/C15H21Br2N/c1-5-18-14(11-8-15(11,3)4)10-7-12(16)9(2)6-13(10)17/h6-7,11,14,18H,5,8H2,1-4H3. The van der Waals surface area contributed by atoms with E-state index in [2.05, 4.69) is 77.0 Å². The fourth-order valence-electron chi connectivity index (χ4n) is 2.67. The Hall–Kier alpha value is 0.140. The van der Waals surface area contributed by atoms with Crippen molar-refractivity contribution in [3.05, 3.63) is 32.2 Å². The zero-order chi connectivity index (χ0) is 13.5. The molecule has 3 heteroatoms. The number of halogens is 2. The number of rotatable bonds is 4. The van der Waals surface area contributed by atoms with Crippen molar-refractivity contribution in [3.63, 3.8) is 0 Å². The van der Waals surface area contributed by atoms with Crippen LogP contribution < -0.4 is 5.32 Å². The smallest absolute Gasteiger partial charge is 0.0365 e. The molecule has 1 aliphatic carbocycles. The van der Waals surface area contributed by atoms with Crippen LogP contribution in [0, 0.1) is 18.3 Å². The van der Waals surface area contributed by atoms with Gasteiger partial charge in [-0.05, 0) is 54.5 Å². The Morgan fingerprint density at radius 2 is 1.94 bits per heavy atom. The molecule has 1 saturated carbocycles. The predicted octanol–water partition coefficient (Wildman–Crippen LogP) is 5.22. The molecular weight excluding hydrogens is 354 g/mol. The molecule has 0 amide bonds. The maximum absolute atomic E-state index is 3.72. The van der Waals surface area contributed by atoms with E-state index in [0.29, 0.717) is 11.5 Å². The number of benzene rings is 1. The SMILES string of the molecule is CCNC(c1cc(Br)c(C)cc1Br)C1CC1(C)C. The van der Waals surface area contributed by atoms with Crippen LogP contribution in [0.4, 0.5) is 0 Å². The first-order valence-electron chi connectivity index (χ1n) is 6.55. The van der Waals surface area contributed by atoms with Crippen molar-refractivity contribution in [2.45, 2.75) is 40.2 Å². The molecule has 1 aromatic rings. The molecular formula is C15H21Br2N. The lowest BCUT2D eigenvalue weighted by Crippen LogP contribution is -2.24. The maximum atomic E-state index is 3.72. The third-order valence-electron chi connectivity index (χ3n) is 4.03. The van der Waals surface area contributed by atoms with E-state index < -0.39 is 0 Å². The summed E-state index contributed by atoms with van der Waals surface area (Å²) in [5.74, 6) is 0.739. The third kappa shape index (κ3) is 2.83. The monoisotopic (exact) mass is 373 g/mol. The molecule has 0 radical (unpaired) electrons. The topological polar surface area (TPSA) is 12.0 Å². The lowest BCUT2D eigenvalue weighted by molar-refractivity contribution is 0.422. The van der Waals surface area contributed by atoms with Crippen LogP contribution in [-0.2, 0) is 0 Å². The van der Waals surface area contributed by atoms with Gasteiger partial charge in [0, 0.05) is 15.0 Å². The van der Waals surface area contributed by atoms with Crippen LogP contribution in [0.25, 0.3) is 0 Å². The van der Waals surface area contributed by atoms with Crippen molar-refractivity contribution in [2.24, 2.45) is 11.3 Å². The van der Waals surface area contributed by atoms with Gasteiger partial charge in [-0.2, -0.15) is 0 Å². The number of hydrogen-bond donors (Lipinski definition) is 1. The highest BCUT2D eigenvalue weighted by atomic mass is 79.9. The van der Waals surface area contributed by atoms with Gasteiger partial charge in [0.1, 0.15) is 0 Å². The molecule has 0 saturated heterocycles. The average molecular weight is 375 g/mol. The molecule has 0 heterocycles. The summed E-state index contributed by atoms with van der Waals surface area (Å²) in [4.78, 5) is 0. The third-order valence-corrected chi connectivity index (χ3v) is 5.57. The molecule has 0 bridgehead atoms. The fraction of sp³-hybridized carbons (Fsp3) is 0.600. The molecule has 2 atom stereocenters. The summed E-state index contributed by atoms with van der Waals surface area (Å²) >= 11 is 7.37. The second-order valence-corrected chi connectivity index (χ2v) is 7.67. The van der Waals surface area contributed by atoms with E-state index in [4.69, 9.17) is 0 Å². The van der Waals surface area contributed by atoms with Gasteiger partial charge in [-0.25, -0.2) is 0 Å². The molecule has 1 N–H and O–H groups in total. The minimum absolute atomic E-state index is 0.455. The van der Waals surface area contributed by atoms with Gasteiger partial charge >= 0.3 is 0 Å². The van der Waals surface area contributed by atoms with Crippen molar-refractivity contribution >= 4 is 31.9 Å². The molecule has 0 spiro atoms. The summed E-state index contributed by atoms with van der Waals surface area (Å²) in [7, 11) is 0. The summed E-state index contributed by atoms with van der Waals surface area (Å²) in [5.41, 5.74) is 3.13. The summed E-state index contributed by atoms with van der Waals surface area (Å²) in [5, 5.41) is 3.65. The Kier molecular flexibility index (Phi) is 4.25. The first-order chi connectivity index (χ1) is 8.36. The Morgan fingerprint density at radius 1 is 1.33 bits per heavy atom. The minimum Gasteiger partial charge on any atom is -0.310 e. The molecule has 2 rings (SSSR count). The molecule has 100 valence electrons. The van der Waals surface area contributed by atoms with E-state index in [9.17, 15) is 0 Å². The van der Waals surface area contributed by atoms with Crippen LogP contribution in [0.1, 0.15) is 44.4 Å². The molecule has 1 nitrogen and oxygen atoms in total. The quantitative estimate of drug-likeness (QED) is 0.761. The second kappa shape index (κ2) is 5.26. The normalized spacial score (nSPS) is 22.9. The van der Waals surface area contributed by atoms with E-state index in [1.54, 1.807) is 0 Å². The number of aryl methyl sites for hydroxylation is 1. The van der Waals surface area contributed by atoms with E-state index >= 15 is 0 Å². The van der Waals surface area contributed by atoms with Crippen molar-refractivity contribution in [1.82, 2.24) is 5.32 Å². The van der Waals surface area contributed by atoms with Gasteiger partial charge in [-0.15, -0.1) is 0 Å². The Bertz CT molecular complexity index is 454. The molecule has 0 aliphatic heterocycles. The minimum atomic E-state index is 0.455. The number of nitrogens with one attached hydrogen (secondary N) is 1. The van der Waals surface area contributed by atoms with Gasteiger partial charge in [-0.1, -0.05) is 52.6 Å². The van der Waals surface area contributed by atoms with E-state index in [1.807, 2.05) is 0 Å². The Morgan fingerprint density at radius 3 is 2.44 bits per heavy atom. The van der Waals surface area contributed by atoms with Crippen LogP contribution >= 0.6 is 31.9 Å². The predicted molar refractivity (Wildman–Crippen MR) is 84.9 cm³/mol. The highest BCUT2D eigenvalue weighted by molar-refractivity contribution is 9.11. The first-order valence-corrected chi connectivity index (χ1v) is 8.14. The van der Waals surface area contributed by atoms with Gasteiger partial charge in [0.15, 0.2) is 0 Å². The van der Waals surface area contributed by atoms with Crippen LogP contribution in [0.5, 0.6) is 0 Å². The zero-order valence-electron chi connectivity index (χ0n) is 11.5. The van der Waals surface area contributed by atoms with E-state index in [0.717, 1.165) is 12.5 Å². The first kappa shape index (κ1) is 14.5. The highest BCUT2D eigenvalue weighted by Gasteiger charge is 2.50. The Labute approximate surface area is 127 Å². The molecule has 1 fully saturated rings. The van der Waals surface area contributed by atoms with E-state index in [1.165, 1.54) is 26.5 Å². The van der Waals surface area contributed by atoms with Gasteiger partial charge in [0.2, 0.25) is 0 Å². The largest absolute Gasteiger partial charge is 0.310 e. The van der Waals surface area contributed by atoms with Crippen LogP contribution in [0.15, 0.2) is 21.1 Å². The van der Waals surface area contributed by atoms with Gasteiger partial charge in [-0.3, -0.25) is 0 Å². The molecule has 2 unspecified atom stereocenters. The van der Waals surface area contributed by atoms with Crippen molar-refractivity contribution < 1.29 is 0 Å². The van der Waals surface area contributed by atoms with Crippen LogP contribution in [0.2, 0.25) is 0 Å². The lowest BCUT2D eigenvalue weighted by atomic mass is 9.96. The van der Waals surface area contributed by atoms with Crippen molar-refractivity contribution in [1.29, 1.82) is 0 Å². The molecule has 1 aliphatic rings. The van der Waals surface area contributed by atoms with Gasteiger partial charge in [0.05, 0.1) is 0 Å². The van der Waals surface area contributed by atoms with Crippen LogP contribution in [-0.4, -0.2) is 6.54 Å². The zero-order valence-corrected chi connectivity index (χ0v) is 14.7. The van der Waals surface area contributed by atoms with E-state index in [-0.39, 0.29) is 0 Å². The molecule has 18 heavy (non-hydrogen) atoms. The Balaban J connectivity index is 2.34. The van der Waals surface area contributed by atoms with Crippen molar-refractivity contribution in [3.8, 4) is 0 Å². The molecule has 0 aromatic heterocycles. The maximum Gasteiger partial charge on any atom is 0.0365 e. The highest BCUT2D eigenvalue weighted by Crippen LogP contribution is 2.58. The summed E-state index contributed by atoms with van der Waals surface area (Å²) in [6.45, 7) is 10.0. The summed E-state index contributed by atoms with van der Waals surface area (Å²) in [6.07, 6.45) is 1.31. The molecule has 1 aromatic carbocycles.